The fraction of sp³-hybridized carbons (Fsp3) is 0.533. The molecule has 0 radical (unpaired) electrons. The number of ether oxygens (including phenoxy) is 1. The van der Waals surface area contributed by atoms with E-state index in [1.54, 1.807) is 17.0 Å². The van der Waals surface area contributed by atoms with Gasteiger partial charge in [0.05, 0.1) is 18.3 Å². The lowest BCUT2D eigenvalue weighted by atomic mass is 10.0. The van der Waals surface area contributed by atoms with Gasteiger partial charge in [0.15, 0.2) is 0 Å². The van der Waals surface area contributed by atoms with Crippen molar-refractivity contribution in [3.8, 4) is 0 Å². The van der Waals surface area contributed by atoms with Gasteiger partial charge in [0.1, 0.15) is 0 Å². The average molecular weight is 278 g/mol. The molecule has 1 fully saturated rings. The Morgan fingerprint density at radius 3 is 2.90 bits per heavy atom. The van der Waals surface area contributed by atoms with Crippen LogP contribution in [0, 0.1) is 6.92 Å². The predicted octanol–water partition coefficient (Wildman–Crippen LogP) is 1.19. The molecule has 1 aliphatic heterocycles. The number of benzene rings is 1. The summed E-state index contributed by atoms with van der Waals surface area (Å²) >= 11 is 0. The molecule has 0 aromatic heterocycles. The molecule has 0 saturated carbocycles. The smallest absolute Gasteiger partial charge is 0.254 e. The summed E-state index contributed by atoms with van der Waals surface area (Å²) in [5.74, 6) is -0.0652. The SMILES string of the molecule is Cc1ccc(N)cc1C(=O)N1CC(CO)OC(C)(C)C1. The number of hydrogen-bond acceptors (Lipinski definition) is 4. The molecule has 0 spiro atoms. The Balaban J connectivity index is 2.25. The molecule has 5 nitrogen and oxygen atoms in total. The van der Waals surface area contributed by atoms with E-state index >= 15 is 0 Å². The third-order valence-electron chi connectivity index (χ3n) is 3.46. The number of aliphatic hydroxyl groups excluding tert-OH is 1. The molecule has 5 heteroatoms. The van der Waals surface area contributed by atoms with Crippen LogP contribution in [0.1, 0.15) is 29.8 Å². The van der Waals surface area contributed by atoms with E-state index in [1.807, 2.05) is 26.8 Å². The number of nitrogens with zero attached hydrogens (tertiary/aromatic N) is 1. The van der Waals surface area contributed by atoms with Gasteiger partial charge < -0.3 is 20.5 Å². The van der Waals surface area contributed by atoms with Crippen LogP contribution in [-0.4, -0.2) is 47.3 Å². The van der Waals surface area contributed by atoms with Crippen molar-refractivity contribution in [1.82, 2.24) is 4.90 Å². The van der Waals surface area contributed by atoms with Gasteiger partial charge in [-0.15, -0.1) is 0 Å². The number of aliphatic hydroxyl groups is 1. The second-order valence-corrected chi connectivity index (χ2v) is 5.94. The lowest BCUT2D eigenvalue weighted by molar-refractivity contribution is -0.139. The minimum atomic E-state index is -0.463. The number of amides is 1. The first-order valence-electron chi connectivity index (χ1n) is 6.76. The lowest BCUT2D eigenvalue weighted by Crippen LogP contribution is -2.55. The number of aryl methyl sites for hydroxylation is 1. The molecule has 1 aromatic rings. The zero-order valence-electron chi connectivity index (χ0n) is 12.2. The summed E-state index contributed by atoms with van der Waals surface area (Å²) in [6.45, 7) is 6.52. The molecular formula is C15H22N2O3. The quantitative estimate of drug-likeness (QED) is 0.797. The highest BCUT2D eigenvalue weighted by atomic mass is 16.5. The molecule has 1 unspecified atom stereocenters. The van der Waals surface area contributed by atoms with E-state index in [0.29, 0.717) is 24.3 Å². The molecule has 1 amide bonds. The van der Waals surface area contributed by atoms with Crippen LogP contribution in [0.15, 0.2) is 18.2 Å². The summed E-state index contributed by atoms with van der Waals surface area (Å²) in [7, 11) is 0. The highest BCUT2D eigenvalue weighted by Gasteiger charge is 2.35. The van der Waals surface area contributed by atoms with Crippen molar-refractivity contribution in [2.45, 2.75) is 32.5 Å². The predicted molar refractivity (Wildman–Crippen MR) is 77.5 cm³/mol. The third-order valence-corrected chi connectivity index (χ3v) is 3.46. The van der Waals surface area contributed by atoms with Crippen LogP contribution in [0.5, 0.6) is 0 Å². The van der Waals surface area contributed by atoms with Crippen molar-refractivity contribution in [2.75, 3.05) is 25.4 Å². The number of nitrogens with two attached hydrogens (primary N) is 1. The number of carbonyl (C=O) groups excluding carboxylic acids is 1. The largest absolute Gasteiger partial charge is 0.399 e. The van der Waals surface area contributed by atoms with Crippen LogP contribution in [0.4, 0.5) is 5.69 Å². The Labute approximate surface area is 119 Å². The number of morpholine rings is 1. The van der Waals surface area contributed by atoms with Crippen molar-refractivity contribution in [3.63, 3.8) is 0 Å². The zero-order valence-corrected chi connectivity index (χ0v) is 12.2. The van der Waals surface area contributed by atoms with E-state index in [1.165, 1.54) is 0 Å². The van der Waals surface area contributed by atoms with E-state index in [-0.39, 0.29) is 18.6 Å². The second kappa shape index (κ2) is 5.42. The molecule has 1 saturated heterocycles. The van der Waals surface area contributed by atoms with Crippen molar-refractivity contribution >= 4 is 11.6 Å². The maximum absolute atomic E-state index is 12.7. The molecule has 3 N–H and O–H groups in total. The monoisotopic (exact) mass is 278 g/mol. The Bertz CT molecular complexity index is 514. The van der Waals surface area contributed by atoms with E-state index in [2.05, 4.69) is 0 Å². The summed E-state index contributed by atoms with van der Waals surface area (Å²) in [6, 6.07) is 5.33. The van der Waals surface area contributed by atoms with Gasteiger partial charge in [-0.25, -0.2) is 0 Å². The summed E-state index contributed by atoms with van der Waals surface area (Å²) in [5, 5.41) is 9.31. The Hall–Kier alpha value is -1.59. The Morgan fingerprint density at radius 1 is 1.55 bits per heavy atom. The maximum atomic E-state index is 12.7. The van der Waals surface area contributed by atoms with Gasteiger partial charge in [0, 0.05) is 24.3 Å². The van der Waals surface area contributed by atoms with Crippen LogP contribution in [0.25, 0.3) is 0 Å². The van der Waals surface area contributed by atoms with Crippen molar-refractivity contribution in [3.05, 3.63) is 29.3 Å². The van der Waals surface area contributed by atoms with Crippen LogP contribution in [0.3, 0.4) is 0 Å². The number of hydrogen-bond donors (Lipinski definition) is 2. The van der Waals surface area contributed by atoms with Gasteiger partial charge in [-0.1, -0.05) is 6.07 Å². The first kappa shape index (κ1) is 14.8. The Kier molecular flexibility index (Phi) is 4.01. The van der Waals surface area contributed by atoms with E-state index in [4.69, 9.17) is 10.5 Å². The molecule has 20 heavy (non-hydrogen) atoms. The van der Waals surface area contributed by atoms with Crippen LogP contribution in [0.2, 0.25) is 0 Å². The minimum absolute atomic E-state index is 0.0652. The van der Waals surface area contributed by atoms with Crippen LogP contribution in [-0.2, 0) is 4.74 Å². The van der Waals surface area contributed by atoms with Gasteiger partial charge in [0.2, 0.25) is 0 Å². The van der Waals surface area contributed by atoms with Crippen molar-refractivity contribution < 1.29 is 14.6 Å². The normalized spacial score (nSPS) is 21.8. The van der Waals surface area contributed by atoms with Crippen LogP contribution < -0.4 is 5.73 Å². The topological polar surface area (TPSA) is 75.8 Å². The molecule has 1 aliphatic rings. The summed E-state index contributed by atoms with van der Waals surface area (Å²) in [5.41, 5.74) is 7.39. The van der Waals surface area contributed by atoms with Crippen LogP contribution >= 0.6 is 0 Å². The number of nitrogen functional groups attached to an aromatic ring is 1. The molecule has 0 bridgehead atoms. The highest BCUT2D eigenvalue weighted by Crippen LogP contribution is 2.24. The van der Waals surface area contributed by atoms with Gasteiger partial charge >= 0.3 is 0 Å². The van der Waals surface area contributed by atoms with Crippen molar-refractivity contribution in [2.24, 2.45) is 0 Å². The number of anilines is 1. The van der Waals surface area contributed by atoms with E-state index in [0.717, 1.165) is 5.56 Å². The fourth-order valence-corrected chi connectivity index (χ4v) is 2.59. The van der Waals surface area contributed by atoms with Crippen molar-refractivity contribution in [1.29, 1.82) is 0 Å². The summed E-state index contributed by atoms with van der Waals surface area (Å²) < 4.78 is 5.72. The van der Waals surface area contributed by atoms with Gasteiger partial charge in [-0.2, -0.15) is 0 Å². The first-order chi connectivity index (χ1) is 9.32. The summed E-state index contributed by atoms with van der Waals surface area (Å²) in [6.07, 6.45) is -0.343. The molecule has 1 aromatic carbocycles. The van der Waals surface area contributed by atoms with Gasteiger partial charge in [-0.05, 0) is 38.5 Å². The summed E-state index contributed by atoms with van der Waals surface area (Å²) in [4.78, 5) is 14.4. The lowest BCUT2D eigenvalue weighted by Gasteiger charge is -2.42. The zero-order chi connectivity index (χ0) is 14.9. The minimum Gasteiger partial charge on any atom is -0.399 e. The number of rotatable bonds is 2. The van der Waals surface area contributed by atoms with Gasteiger partial charge in [0.25, 0.3) is 5.91 Å². The molecule has 1 atom stereocenters. The number of carbonyl (C=O) groups is 1. The molecule has 110 valence electrons. The standard InChI is InChI=1S/C15H22N2O3/c1-10-4-5-11(16)6-13(10)14(19)17-7-12(8-18)20-15(2,3)9-17/h4-6,12,18H,7-9,16H2,1-3H3. The second-order valence-electron chi connectivity index (χ2n) is 5.94. The highest BCUT2D eigenvalue weighted by molar-refractivity contribution is 5.96. The third kappa shape index (κ3) is 3.11. The van der Waals surface area contributed by atoms with Gasteiger partial charge in [-0.3, -0.25) is 4.79 Å². The van der Waals surface area contributed by atoms with E-state index < -0.39 is 5.60 Å². The maximum Gasteiger partial charge on any atom is 0.254 e. The molecular weight excluding hydrogens is 256 g/mol. The Morgan fingerprint density at radius 2 is 2.25 bits per heavy atom. The molecule has 2 rings (SSSR count). The fourth-order valence-electron chi connectivity index (χ4n) is 2.59. The van der Waals surface area contributed by atoms with E-state index in [9.17, 15) is 9.90 Å². The molecule has 1 heterocycles. The molecule has 0 aliphatic carbocycles. The first-order valence-corrected chi connectivity index (χ1v) is 6.76. The average Bonchev–Trinajstić information content (AvgIpc) is 2.38.